The molecule has 0 saturated heterocycles. The third-order valence-corrected chi connectivity index (χ3v) is 6.77. The predicted molar refractivity (Wildman–Crippen MR) is 119 cm³/mol. The van der Waals surface area contributed by atoms with E-state index in [1.807, 2.05) is 67.6 Å². The lowest BCUT2D eigenvalue weighted by molar-refractivity contribution is -0.121. The number of nitrogens with zero attached hydrogens (tertiary/aromatic N) is 2. The quantitative estimate of drug-likeness (QED) is 0.615. The number of carbonyl (C=O) groups is 1. The summed E-state index contributed by atoms with van der Waals surface area (Å²) in [6.45, 7) is 1.54. The summed E-state index contributed by atoms with van der Waals surface area (Å²) >= 11 is 0. The van der Waals surface area contributed by atoms with E-state index in [-0.39, 0.29) is 17.5 Å². The lowest BCUT2D eigenvalue weighted by Crippen LogP contribution is -2.39. The van der Waals surface area contributed by atoms with Gasteiger partial charge in [-0.25, -0.2) is 8.42 Å². The molecular formula is C24H23N3O3S. The average molecular weight is 434 g/mol. The Hall–Kier alpha value is -3.47. The molecule has 1 atom stereocenters. The molecule has 31 heavy (non-hydrogen) atoms. The summed E-state index contributed by atoms with van der Waals surface area (Å²) in [5.74, 6) is -0.403. The molecule has 7 heteroatoms. The zero-order valence-electron chi connectivity index (χ0n) is 17.3. The maximum Gasteiger partial charge on any atom is 0.243 e. The molecule has 0 aliphatic carbocycles. The smallest absolute Gasteiger partial charge is 0.243 e. The van der Waals surface area contributed by atoms with Crippen molar-refractivity contribution in [1.82, 2.24) is 9.62 Å². The van der Waals surface area contributed by atoms with Crippen molar-refractivity contribution in [2.24, 2.45) is 0 Å². The van der Waals surface area contributed by atoms with Crippen molar-refractivity contribution in [1.29, 1.82) is 5.26 Å². The van der Waals surface area contributed by atoms with Gasteiger partial charge in [0.1, 0.15) is 0 Å². The van der Waals surface area contributed by atoms with Crippen LogP contribution in [-0.2, 0) is 14.8 Å². The maximum absolute atomic E-state index is 12.7. The Balaban J connectivity index is 1.62. The van der Waals surface area contributed by atoms with Gasteiger partial charge in [0.05, 0.1) is 29.1 Å². The third-order valence-electron chi connectivity index (χ3n) is 4.95. The van der Waals surface area contributed by atoms with E-state index < -0.39 is 15.9 Å². The van der Waals surface area contributed by atoms with Crippen LogP contribution in [0.1, 0.15) is 24.1 Å². The SMILES string of the molecule is C[C@H](NC(=O)CN(C)S(=O)(=O)c1ccc(C#N)cc1)c1ccc(-c2ccccc2)cc1. The van der Waals surface area contributed by atoms with Gasteiger partial charge in [0.25, 0.3) is 0 Å². The van der Waals surface area contributed by atoms with Crippen LogP contribution in [0.25, 0.3) is 11.1 Å². The van der Waals surface area contributed by atoms with Crippen molar-refractivity contribution in [3.8, 4) is 17.2 Å². The predicted octanol–water partition coefficient (Wildman–Crippen LogP) is 3.72. The van der Waals surface area contributed by atoms with Crippen LogP contribution < -0.4 is 5.32 Å². The van der Waals surface area contributed by atoms with Crippen LogP contribution >= 0.6 is 0 Å². The minimum atomic E-state index is -3.83. The van der Waals surface area contributed by atoms with Crippen molar-refractivity contribution >= 4 is 15.9 Å². The highest BCUT2D eigenvalue weighted by Crippen LogP contribution is 2.22. The van der Waals surface area contributed by atoms with Crippen LogP contribution in [0.3, 0.4) is 0 Å². The molecule has 0 unspecified atom stereocenters. The molecule has 1 N–H and O–H groups in total. The van der Waals surface area contributed by atoms with Crippen LogP contribution in [-0.4, -0.2) is 32.2 Å². The van der Waals surface area contributed by atoms with E-state index in [0.29, 0.717) is 5.56 Å². The fraction of sp³-hybridized carbons (Fsp3) is 0.167. The summed E-state index contributed by atoms with van der Waals surface area (Å²) in [6, 6.07) is 25.1. The lowest BCUT2D eigenvalue weighted by Gasteiger charge is -2.19. The van der Waals surface area contributed by atoms with Gasteiger partial charge in [0.2, 0.25) is 15.9 Å². The van der Waals surface area contributed by atoms with Gasteiger partial charge in [-0.05, 0) is 47.9 Å². The number of hydrogen-bond acceptors (Lipinski definition) is 4. The molecule has 3 aromatic rings. The number of nitrogens with one attached hydrogen (secondary N) is 1. The van der Waals surface area contributed by atoms with Crippen LogP contribution in [0, 0.1) is 11.3 Å². The van der Waals surface area contributed by atoms with Gasteiger partial charge in [-0.1, -0.05) is 54.6 Å². The Bertz CT molecular complexity index is 1180. The van der Waals surface area contributed by atoms with Crippen LogP contribution in [0.15, 0.2) is 83.8 Å². The number of amides is 1. The van der Waals surface area contributed by atoms with E-state index in [1.54, 1.807) is 0 Å². The second kappa shape index (κ2) is 9.56. The number of rotatable bonds is 7. The van der Waals surface area contributed by atoms with Crippen molar-refractivity contribution in [3.63, 3.8) is 0 Å². The molecule has 0 aliphatic rings. The molecule has 0 saturated carbocycles. The highest BCUT2D eigenvalue weighted by molar-refractivity contribution is 7.89. The van der Waals surface area contributed by atoms with Gasteiger partial charge in [-0.2, -0.15) is 9.57 Å². The highest BCUT2D eigenvalue weighted by atomic mass is 32.2. The summed E-state index contributed by atoms with van der Waals surface area (Å²) in [7, 11) is -2.48. The van der Waals surface area contributed by atoms with Gasteiger partial charge in [-0.3, -0.25) is 4.79 Å². The molecule has 158 valence electrons. The standard InChI is InChI=1S/C24H23N3O3S/c1-18(20-10-12-22(13-11-20)21-6-4-3-5-7-21)26-24(28)17-27(2)31(29,30)23-14-8-19(16-25)9-15-23/h3-15,18H,17H2,1-2H3,(H,26,28)/t18-/m0/s1. The Morgan fingerprint density at radius 1 is 0.968 bits per heavy atom. The summed E-state index contributed by atoms with van der Waals surface area (Å²) in [6.07, 6.45) is 0. The van der Waals surface area contributed by atoms with Gasteiger partial charge < -0.3 is 5.32 Å². The summed E-state index contributed by atoms with van der Waals surface area (Å²) in [5.41, 5.74) is 3.48. The van der Waals surface area contributed by atoms with E-state index in [0.717, 1.165) is 21.0 Å². The first-order valence-corrected chi connectivity index (χ1v) is 11.2. The van der Waals surface area contributed by atoms with Crippen molar-refractivity contribution in [2.75, 3.05) is 13.6 Å². The molecule has 3 rings (SSSR count). The van der Waals surface area contributed by atoms with Crippen LogP contribution in [0.4, 0.5) is 0 Å². The molecule has 6 nitrogen and oxygen atoms in total. The zero-order valence-corrected chi connectivity index (χ0v) is 18.1. The second-order valence-electron chi connectivity index (χ2n) is 7.17. The van der Waals surface area contributed by atoms with Gasteiger partial charge >= 0.3 is 0 Å². The number of likely N-dealkylation sites (N-methyl/N-ethyl adjacent to an activating group) is 1. The third kappa shape index (κ3) is 5.37. The second-order valence-corrected chi connectivity index (χ2v) is 9.22. The number of benzene rings is 3. The molecule has 0 fully saturated rings. The summed E-state index contributed by atoms with van der Waals surface area (Å²) in [4.78, 5) is 12.5. The van der Waals surface area contributed by atoms with Gasteiger partial charge in [-0.15, -0.1) is 0 Å². The minimum absolute atomic E-state index is 0.0337. The molecule has 1 amide bonds. The number of sulfonamides is 1. The summed E-state index contributed by atoms with van der Waals surface area (Å²) < 4.78 is 26.3. The number of hydrogen-bond donors (Lipinski definition) is 1. The van der Waals surface area contributed by atoms with Crippen molar-refractivity contribution in [3.05, 3.63) is 90.0 Å². The fourth-order valence-corrected chi connectivity index (χ4v) is 4.26. The van der Waals surface area contributed by atoms with Crippen molar-refractivity contribution < 1.29 is 13.2 Å². The number of carbonyl (C=O) groups excluding carboxylic acids is 1. The Labute approximate surface area is 182 Å². The normalized spacial score (nSPS) is 12.2. The first-order valence-electron chi connectivity index (χ1n) is 9.72. The first-order chi connectivity index (χ1) is 14.8. The van der Waals surface area contributed by atoms with Crippen LogP contribution in [0.2, 0.25) is 0 Å². The van der Waals surface area contributed by atoms with E-state index in [1.165, 1.54) is 31.3 Å². The monoisotopic (exact) mass is 433 g/mol. The molecule has 0 heterocycles. The summed E-state index contributed by atoms with van der Waals surface area (Å²) in [5, 5.41) is 11.7. The molecular weight excluding hydrogens is 410 g/mol. The molecule has 0 bridgehead atoms. The van der Waals surface area contributed by atoms with Gasteiger partial charge in [0.15, 0.2) is 0 Å². The van der Waals surface area contributed by atoms with Gasteiger partial charge in [0, 0.05) is 7.05 Å². The first kappa shape index (κ1) is 22.2. The molecule has 0 radical (unpaired) electrons. The van der Waals surface area contributed by atoms with Crippen molar-refractivity contribution in [2.45, 2.75) is 17.9 Å². The highest BCUT2D eigenvalue weighted by Gasteiger charge is 2.23. The number of nitriles is 1. The van der Waals surface area contributed by atoms with E-state index >= 15 is 0 Å². The molecule has 0 aromatic heterocycles. The maximum atomic E-state index is 12.7. The van der Waals surface area contributed by atoms with E-state index in [9.17, 15) is 13.2 Å². The average Bonchev–Trinajstić information content (AvgIpc) is 2.79. The van der Waals surface area contributed by atoms with E-state index in [2.05, 4.69) is 5.32 Å². The topological polar surface area (TPSA) is 90.3 Å². The zero-order chi connectivity index (χ0) is 22.4. The molecule has 3 aromatic carbocycles. The fourth-order valence-electron chi connectivity index (χ4n) is 3.13. The van der Waals surface area contributed by atoms with Crippen LogP contribution in [0.5, 0.6) is 0 Å². The lowest BCUT2D eigenvalue weighted by atomic mass is 10.0. The Kier molecular flexibility index (Phi) is 6.85. The molecule has 0 spiro atoms. The largest absolute Gasteiger partial charge is 0.348 e. The van der Waals surface area contributed by atoms with E-state index in [4.69, 9.17) is 5.26 Å². The minimum Gasteiger partial charge on any atom is -0.348 e. The Morgan fingerprint density at radius 2 is 1.55 bits per heavy atom. The Morgan fingerprint density at radius 3 is 2.13 bits per heavy atom. The molecule has 0 aliphatic heterocycles.